The zero-order valence-corrected chi connectivity index (χ0v) is 19.8. The first-order valence-corrected chi connectivity index (χ1v) is 13.1. The maximum atomic E-state index is 10.2. The first-order valence-electron chi connectivity index (χ1n) is 13.1. The molecule has 0 atom stereocenters. The highest BCUT2D eigenvalue weighted by molar-refractivity contribution is 5.39. The molecule has 1 aromatic rings. The Hall–Kier alpha value is -0.980. The van der Waals surface area contributed by atoms with Crippen LogP contribution in [0.25, 0.3) is 0 Å². The molecule has 0 bridgehead atoms. The molecule has 1 heteroatoms. The lowest BCUT2D eigenvalue weighted by Gasteiger charge is -2.11. The number of benzene rings is 1. The third kappa shape index (κ3) is 13.8. The highest BCUT2D eigenvalue weighted by Gasteiger charge is 2.07. The molecule has 0 saturated heterocycles. The Morgan fingerprint density at radius 2 is 0.966 bits per heavy atom. The molecule has 0 radical (unpaired) electrons. The molecule has 0 saturated carbocycles. The summed E-state index contributed by atoms with van der Waals surface area (Å²) in [5.74, 6) is 0.507. The maximum absolute atomic E-state index is 10.2. The SMILES string of the molecule is CCCCCCCCCCCCCCCCCCc1cccc(O)c1CCCC. The van der Waals surface area contributed by atoms with Gasteiger partial charge in [0.25, 0.3) is 0 Å². The zero-order chi connectivity index (χ0) is 21.0. The summed E-state index contributed by atoms with van der Waals surface area (Å²) in [6.07, 6.45) is 27.2. The average Bonchev–Trinajstić information content (AvgIpc) is 2.73. The van der Waals surface area contributed by atoms with E-state index in [4.69, 9.17) is 0 Å². The van der Waals surface area contributed by atoms with Crippen molar-refractivity contribution in [2.24, 2.45) is 0 Å². The third-order valence-electron chi connectivity index (χ3n) is 6.33. The van der Waals surface area contributed by atoms with Crippen LogP contribution in [0.2, 0.25) is 0 Å². The van der Waals surface area contributed by atoms with Crippen molar-refractivity contribution in [2.45, 2.75) is 142 Å². The zero-order valence-electron chi connectivity index (χ0n) is 19.8. The van der Waals surface area contributed by atoms with Crippen LogP contribution in [0.15, 0.2) is 18.2 Å². The van der Waals surface area contributed by atoms with E-state index in [0.29, 0.717) is 5.75 Å². The molecule has 1 aromatic carbocycles. The third-order valence-corrected chi connectivity index (χ3v) is 6.33. The van der Waals surface area contributed by atoms with E-state index in [1.807, 2.05) is 12.1 Å². The van der Waals surface area contributed by atoms with Crippen LogP contribution >= 0.6 is 0 Å². The van der Waals surface area contributed by atoms with E-state index in [9.17, 15) is 5.11 Å². The van der Waals surface area contributed by atoms with Gasteiger partial charge in [0.1, 0.15) is 5.75 Å². The van der Waals surface area contributed by atoms with E-state index in [1.165, 1.54) is 127 Å². The Balaban J connectivity index is 1.92. The lowest BCUT2D eigenvalue weighted by atomic mass is 9.96. The molecule has 0 aliphatic carbocycles. The first kappa shape index (κ1) is 26.1. The second-order valence-electron chi connectivity index (χ2n) is 9.07. The molecule has 1 N–H and O–H groups in total. The number of rotatable bonds is 20. The smallest absolute Gasteiger partial charge is 0.119 e. The van der Waals surface area contributed by atoms with Crippen LogP contribution in [0.4, 0.5) is 0 Å². The van der Waals surface area contributed by atoms with Crippen molar-refractivity contribution in [3.05, 3.63) is 29.3 Å². The molecule has 0 aromatic heterocycles. The van der Waals surface area contributed by atoms with Gasteiger partial charge >= 0.3 is 0 Å². The number of phenolic OH excluding ortho intramolecular Hbond substituents is 1. The summed E-state index contributed by atoms with van der Waals surface area (Å²) in [5.41, 5.74) is 2.58. The monoisotopic (exact) mass is 402 g/mol. The maximum Gasteiger partial charge on any atom is 0.119 e. The lowest BCUT2D eigenvalue weighted by Crippen LogP contribution is -1.96. The minimum absolute atomic E-state index is 0.507. The predicted molar refractivity (Wildman–Crippen MR) is 130 cm³/mol. The van der Waals surface area contributed by atoms with Gasteiger partial charge in [-0.3, -0.25) is 0 Å². The highest BCUT2D eigenvalue weighted by Crippen LogP contribution is 2.25. The van der Waals surface area contributed by atoms with Gasteiger partial charge in [-0.15, -0.1) is 0 Å². The summed E-state index contributed by atoms with van der Waals surface area (Å²) in [7, 11) is 0. The molecule has 0 fully saturated rings. The molecule has 29 heavy (non-hydrogen) atoms. The van der Waals surface area contributed by atoms with Gasteiger partial charge in [0, 0.05) is 0 Å². The van der Waals surface area contributed by atoms with Crippen LogP contribution in [0, 0.1) is 0 Å². The van der Waals surface area contributed by atoms with Crippen molar-refractivity contribution < 1.29 is 5.11 Å². The van der Waals surface area contributed by atoms with Crippen molar-refractivity contribution in [3.63, 3.8) is 0 Å². The van der Waals surface area contributed by atoms with Gasteiger partial charge in [0.05, 0.1) is 0 Å². The molecule has 168 valence electrons. The van der Waals surface area contributed by atoms with E-state index < -0.39 is 0 Å². The number of phenols is 1. The topological polar surface area (TPSA) is 20.2 Å². The molecule has 1 rings (SSSR count). The van der Waals surface area contributed by atoms with Crippen LogP contribution in [0.1, 0.15) is 141 Å². The Kier molecular flexibility index (Phi) is 17.1. The molecular formula is C28H50O. The Morgan fingerprint density at radius 1 is 0.517 bits per heavy atom. The van der Waals surface area contributed by atoms with Gasteiger partial charge in [-0.25, -0.2) is 0 Å². The quantitative estimate of drug-likeness (QED) is 0.215. The Bertz CT molecular complexity index is 479. The summed E-state index contributed by atoms with van der Waals surface area (Å²) in [5, 5.41) is 10.2. The van der Waals surface area contributed by atoms with Crippen molar-refractivity contribution in [2.75, 3.05) is 0 Å². The summed E-state index contributed by atoms with van der Waals surface area (Å²) >= 11 is 0. The summed E-state index contributed by atoms with van der Waals surface area (Å²) < 4.78 is 0. The summed E-state index contributed by atoms with van der Waals surface area (Å²) in [6.45, 7) is 4.51. The van der Waals surface area contributed by atoms with E-state index in [-0.39, 0.29) is 0 Å². The van der Waals surface area contributed by atoms with Crippen molar-refractivity contribution in [1.29, 1.82) is 0 Å². The molecule has 0 heterocycles. The second kappa shape index (κ2) is 19.0. The van der Waals surface area contributed by atoms with Gasteiger partial charge < -0.3 is 5.11 Å². The standard InChI is InChI=1S/C28H50O/c1-3-5-7-8-9-10-11-12-13-14-15-16-17-18-19-20-22-26-23-21-25-28(29)27(26)24-6-4-2/h21,23,25,29H,3-20,22,24H2,1-2H3. The number of aromatic hydroxyl groups is 1. The normalized spacial score (nSPS) is 11.2. The van der Waals surface area contributed by atoms with Crippen LogP contribution in [-0.2, 0) is 12.8 Å². The summed E-state index contributed by atoms with van der Waals surface area (Å²) in [6, 6.07) is 6.07. The van der Waals surface area contributed by atoms with Gasteiger partial charge in [0.15, 0.2) is 0 Å². The minimum Gasteiger partial charge on any atom is -0.508 e. The van der Waals surface area contributed by atoms with Crippen LogP contribution in [0.5, 0.6) is 5.75 Å². The van der Waals surface area contributed by atoms with Crippen molar-refractivity contribution >= 4 is 0 Å². The Labute approximate surface area is 182 Å². The van der Waals surface area contributed by atoms with Crippen molar-refractivity contribution in [1.82, 2.24) is 0 Å². The van der Waals surface area contributed by atoms with Gasteiger partial charge in [-0.2, -0.15) is 0 Å². The Morgan fingerprint density at radius 3 is 1.45 bits per heavy atom. The number of aryl methyl sites for hydroxylation is 1. The molecule has 1 nitrogen and oxygen atoms in total. The van der Waals surface area contributed by atoms with E-state index in [0.717, 1.165) is 12.8 Å². The fourth-order valence-electron chi connectivity index (χ4n) is 4.36. The van der Waals surface area contributed by atoms with Crippen LogP contribution in [-0.4, -0.2) is 5.11 Å². The minimum atomic E-state index is 0.507. The first-order chi connectivity index (χ1) is 14.3. The largest absolute Gasteiger partial charge is 0.508 e. The number of hydrogen-bond acceptors (Lipinski definition) is 1. The number of unbranched alkanes of at least 4 members (excludes halogenated alkanes) is 16. The molecule has 0 aliphatic rings. The molecule has 0 amide bonds. The van der Waals surface area contributed by atoms with Crippen LogP contribution in [0.3, 0.4) is 0 Å². The lowest BCUT2D eigenvalue weighted by molar-refractivity contribution is 0.465. The number of hydrogen-bond donors (Lipinski definition) is 1. The molecule has 0 aliphatic heterocycles. The fourth-order valence-corrected chi connectivity index (χ4v) is 4.36. The molecule has 0 unspecified atom stereocenters. The van der Waals surface area contributed by atoms with Crippen LogP contribution < -0.4 is 0 Å². The van der Waals surface area contributed by atoms with Crippen molar-refractivity contribution in [3.8, 4) is 5.75 Å². The fraction of sp³-hybridized carbons (Fsp3) is 0.786. The van der Waals surface area contributed by atoms with Gasteiger partial charge in [-0.05, 0) is 42.9 Å². The van der Waals surface area contributed by atoms with E-state index in [2.05, 4.69) is 19.9 Å². The predicted octanol–water partition coefficient (Wildman–Crippen LogP) is 9.54. The highest BCUT2D eigenvalue weighted by atomic mass is 16.3. The molecule has 0 spiro atoms. The van der Waals surface area contributed by atoms with Gasteiger partial charge in [0.2, 0.25) is 0 Å². The molecular weight excluding hydrogens is 352 g/mol. The second-order valence-corrected chi connectivity index (χ2v) is 9.07. The van der Waals surface area contributed by atoms with Gasteiger partial charge in [-0.1, -0.05) is 129 Å². The average molecular weight is 403 g/mol. The van der Waals surface area contributed by atoms with E-state index >= 15 is 0 Å². The van der Waals surface area contributed by atoms with E-state index in [1.54, 1.807) is 0 Å². The summed E-state index contributed by atoms with van der Waals surface area (Å²) in [4.78, 5) is 0.